The van der Waals surface area contributed by atoms with Gasteiger partial charge < -0.3 is 5.32 Å². The average Bonchev–Trinajstić information content (AvgIpc) is 2.30. The first kappa shape index (κ1) is 13.7. The lowest BCUT2D eigenvalue weighted by Crippen LogP contribution is -2.33. The van der Waals surface area contributed by atoms with E-state index in [-0.39, 0.29) is 18.0 Å². The zero-order chi connectivity index (χ0) is 13.1. The van der Waals surface area contributed by atoms with Crippen molar-refractivity contribution < 1.29 is 9.18 Å². The van der Waals surface area contributed by atoms with Gasteiger partial charge in [0.15, 0.2) is 0 Å². The third-order valence-electron chi connectivity index (χ3n) is 2.18. The quantitative estimate of drug-likeness (QED) is 0.933. The van der Waals surface area contributed by atoms with E-state index in [9.17, 15) is 9.18 Å². The van der Waals surface area contributed by atoms with Crippen LogP contribution in [-0.4, -0.2) is 12.5 Å². The molecule has 17 heavy (non-hydrogen) atoms. The molecule has 0 aliphatic rings. The van der Waals surface area contributed by atoms with Gasteiger partial charge in [0, 0.05) is 12.1 Å². The van der Waals surface area contributed by atoms with Gasteiger partial charge in [-0.2, -0.15) is 5.26 Å². The van der Waals surface area contributed by atoms with Gasteiger partial charge in [-0.3, -0.25) is 4.79 Å². The molecule has 0 heterocycles. The minimum Gasteiger partial charge on any atom is -0.350 e. The summed E-state index contributed by atoms with van der Waals surface area (Å²) in [5, 5.41) is 11.4. The van der Waals surface area contributed by atoms with Crippen LogP contribution in [0.15, 0.2) is 22.7 Å². The number of carbonyl (C=O) groups excluding carboxylic acids is 1. The van der Waals surface area contributed by atoms with Crippen molar-refractivity contribution in [3.63, 3.8) is 0 Å². The molecule has 0 aliphatic carbocycles. The van der Waals surface area contributed by atoms with Crippen LogP contribution in [0, 0.1) is 22.6 Å². The number of carbonyl (C=O) groups is 1. The summed E-state index contributed by atoms with van der Waals surface area (Å²) in [4.78, 5) is 11.7. The number of hydrogen-bond acceptors (Lipinski definition) is 2. The maximum absolute atomic E-state index is 13.2. The van der Waals surface area contributed by atoms with Crippen molar-refractivity contribution in [3.8, 4) is 6.07 Å². The Labute approximate surface area is 108 Å². The molecule has 3 nitrogen and oxygen atoms in total. The fourth-order valence-electron chi connectivity index (χ4n) is 1.08. The molecule has 0 atom stereocenters. The molecule has 0 saturated heterocycles. The number of nitrogens with one attached hydrogen (secondary N) is 1. The van der Waals surface area contributed by atoms with Crippen LogP contribution >= 0.6 is 15.9 Å². The number of rotatable bonds is 3. The fourth-order valence-corrected chi connectivity index (χ4v) is 1.33. The summed E-state index contributed by atoms with van der Waals surface area (Å²) in [6.45, 7) is 3.66. The third kappa shape index (κ3) is 3.82. The van der Waals surface area contributed by atoms with Gasteiger partial charge in [-0.15, -0.1) is 0 Å². The molecule has 0 unspecified atom stereocenters. The lowest BCUT2D eigenvalue weighted by molar-refractivity contribution is 0.0943. The topological polar surface area (TPSA) is 52.9 Å². The van der Waals surface area contributed by atoms with E-state index in [1.54, 1.807) is 13.8 Å². The highest BCUT2D eigenvalue weighted by Crippen LogP contribution is 2.17. The fraction of sp³-hybridized carbons (Fsp3) is 0.333. The summed E-state index contributed by atoms with van der Waals surface area (Å²) in [6, 6.07) is 6.21. The van der Waals surface area contributed by atoms with Crippen LogP contribution in [0.2, 0.25) is 0 Å². The summed E-state index contributed by atoms with van der Waals surface area (Å²) in [5.74, 6) is -0.878. The Morgan fingerprint density at radius 2 is 2.24 bits per heavy atom. The predicted molar refractivity (Wildman–Crippen MR) is 65.8 cm³/mol. The number of hydrogen-bond donors (Lipinski definition) is 1. The Bertz CT molecular complexity index is 480. The number of nitrogens with zero attached hydrogens (tertiary/aromatic N) is 1. The van der Waals surface area contributed by atoms with Crippen LogP contribution in [0.4, 0.5) is 4.39 Å². The van der Waals surface area contributed by atoms with Crippen molar-refractivity contribution in [2.75, 3.05) is 6.54 Å². The van der Waals surface area contributed by atoms with E-state index < -0.39 is 11.2 Å². The zero-order valence-corrected chi connectivity index (χ0v) is 11.1. The summed E-state index contributed by atoms with van der Waals surface area (Å²) >= 11 is 3.01. The van der Waals surface area contributed by atoms with E-state index in [2.05, 4.69) is 27.3 Å². The minimum absolute atomic E-state index is 0.222. The second kappa shape index (κ2) is 5.28. The van der Waals surface area contributed by atoms with Crippen molar-refractivity contribution >= 4 is 21.8 Å². The number of nitriles is 1. The van der Waals surface area contributed by atoms with E-state index in [1.165, 1.54) is 12.1 Å². The minimum atomic E-state index is -0.635. The predicted octanol–water partition coefficient (Wildman–Crippen LogP) is 2.87. The molecule has 1 aromatic carbocycles. The average molecular weight is 299 g/mol. The first-order chi connectivity index (χ1) is 7.85. The van der Waals surface area contributed by atoms with E-state index in [0.29, 0.717) is 4.47 Å². The third-order valence-corrected chi connectivity index (χ3v) is 2.82. The van der Waals surface area contributed by atoms with Crippen LogP contribution in [0.25, 0.3) is 0 Å². The maximum Gasteiger partial charge on any atom is 0.251 e. The second-order valence-corrected chi connectivity index (χ2v) is 5.16. The van der Waals surface area contributed by atoms with Crippen molar-refractivity contribution in [2.45, 2.75) is 13.8 Å². The molecular formula is C12H12BrFN2O. The monoisotopic (exact) mass is 298 g/mol. The van der Waals surface area contributed by atoms with E-state index in [0.717, 1.165) is 6.07 Å². The molecule has 5 heteroatoms. The highest BCUT2D eigenvalue weighted by molar-refractivity contribution is 9.10. The zero-order valence-electron chi connectivity index (χ0n) is 9.55. The molecule has 90 valence electrons. The molecule has 0 bridgehead atoms. The highest BCUT2D eigenvalue weighted by atomic mass is 79.9. The van der Waals surface area contributed by atoms with E-state index in [4.69, 9.17) is 5.26 Å². The van der Waals surface area contributed by atoms with Gasteiger partial charge in [0.2, 0.25) is 0 Å². The number of halogens is 2. The number of benzene rings is 1. The van der Waals surface area contributed by atoms with Crippen molar-refractivity contribution in [1.29, 1.82) is 5.26 Å². The highest BCUT2D eigenvalue weighted by Gasteiger charge is 2.18. The first-order valence-corrected chi connectivity index (χ1v) is 5.79. The largest absolute Gasteiger partial charge is 0.350 e. The molecule has 0 aromatic heterocycles. The Balaban J connectivity index is 2.72. The summed E-state index contributed by atoms with van der Waals surface area (Å²) in [6.07, 6.45) is 0. The normalized spacial score (nSPS) is 10.8. The Kier molecular flexibility index (Phi) is 4.24. The Hall–Kier alpha value is -1.41. The molecule has 0 spiro atoms. The van der Waals surface area contributed by atoms with Crippen molar-refractivity contribution in [1.82, 2.24) is 5.32 Å². The molecule has 0 saturated carbocycles. The van der Waals surface area contributed by atoms with Gasteiger partial charge in [0.25, 0.3) is 5.91 Å². The van der Waals surface area contributed by atoms with E-state index in [1.807, 2.05) is 0 Å². The molecular weight excluding hydrogens is 287 g/mol. The van der Waals surface area contributed by atoms with Crippen LogP contribution in [0.1, 0.15) is 24.2 Å². The van der Waals surface area contributed by atoms with Crippen LogP contribution in [0.5, 0.6) is 0 Å². The van der Waals surface area contributed by atoms with Gasteiger partial charge in [0.05, 0.1) is 16.0 Å². The van der Waals surface area contributed by atoms with Gasteiger partial charge in [-0.25, -0.2) is 4.39 Å². The van der Waals surface area contributed by atoms with Gasteiger partial charge in [-0.05, 0) is 48.0 Å². The molecule has 1 aromatic rings. The van der Waals surface area contributed by atoms with Crippen molar-refractivity contribution in [2.24, 2.45) is 5.41 Å². The molecule has 1 rings (SSSR count). The van der Waals surface area contributed by atoms with Gasteiger partial charge in [0.1, 0.15) is 5.82 Å². The van der Waals surface area contributed by atoms with Crippen molar-refractivity contribution in [3.05, 3.63) is 34.1 Å². The smallest absolute Gasteiger partial charge is 0.251 e. The molecule has 1 N–H and O–H groups in total. The molecule has 0 radical (unpaired) electrons. The number of amides is 1. The van der Waals surface area contributed by atoms with Gasteiger partial charge >= 0.3 is 0 Å². The molecule has 0 aliphatic heterocycles. The summed E-state index contributed by atoms with van der Waals surface area (Å²) in [5.41, 5.74) is -0.400. The maximum atomic E-state index is 13.2. The second-order valence-electron chi connectivity index (χ2n) is 4.31. The Morgan fingerprint density at radius 3 is 2.76 bits per heavy atom. The Morgan fingerprint density at radius 1 is 1.59 bits per heavy atom. The summed E-state index contributed by atoms with van der Waals surface area (Å²) in [7, 11) is 0. The standard InChI is InChI=1S/C12H12BrFN2O/c1-12(2,6-15)7-16-11(17)8-3-4-9(13)10(14)5-8/h3-5H,7H2,1-2H3,(H,16,17). The lowest BCUT2D eigenvalue weighted by Gasteiger charge is -2.15. The molecule has 1 amide bonds. The molecule has 0 fully saturated rings. The van der Waals surface area contributed by atoms with Crippen LogP contribution in [-0.2, 0) is 0 Å². The van der Waals surface area contributed by atoms with Crippen LogP contribution in [0.3, 0.4) is 0 Å². The van der Waals surface area contributed by atoms with Crippen LogP contribution < -0.4 is 5.32 Å². The van der Waals surface area contributed by atoms with Gasteiger partial charge in [-0.1, -0.05) is 0 Å². The SMILES string of the molecule is CC(C)(C#N)CNC(=O)c1ccc(Br)c(F)c1. The first-order valence-electron chi connectivity index (χ1n) is 5.00. The summed E-state index contributed by atoms with van der Waals surface area (Å²) < 4.78 is 13.5. The lowest BCUT2D eigenvalue weighted by atomic mass is 9.96. The van der Waals surface area contributed by atoms with E-state index >= 15 is 0 Å².